The van der Waals surface area contributed by atoms with Gasteiger partial charge in [0.2, 0.25) is 11.6 Å². The second-order valence-electron chi connectivity index (χ2n) is 4.80. The molecule has 0 bridgehead atoms. The molecule has 1 amide bonds. The monoisotopic (exact) mass is 302 g/mol. The minimum Gasteiger partial charge on any atom is -0.363 e. The quantitative estimate of drug-likeness (QED) is 0.742. The van der Waals surface area contributed by atoms with Crippen LogP contribution in [0.5, 0.6) is 0 Å². The number of nitrogens with zero attached hydrogens (tertiary/aromatic N) is 3. The van der Waals surface area contributed by atoms with E-state index >= 15 is 0 Å². The zero-order valence-electron chi connectivity index (χ0n) is 11.9. The molecule has 1 aromatic heterocycles. The van der Waals surface area contributed by atoms with E-state index in [0.717, 1.165) is 0 Å². The van der Waals surface area contributed by atoms with Gasteiger partial charge in [0, 0.05) is 10.9 Å². The number of para-hydroxylation sites is 1. The smallest absolute Gasteiger partial charge is 0.286 e. The molecule has 110 valence electrons. The summed E-state index contributed by atoms with van der Waals surface area (Å²) in [6.07, 6.45) is 0. The van der Waals surface area contributed by atoms with Gasteiger partial charge in [-0.2, -0.15) is 5.26 Å². The third-order valence-electron chi connectivity index (χ3n) is 3.31. The van der Waals surface area contributed by atoms with E-state index in [2.05, 4.69) is 9.97 Å². The molecular formula is C17H10N4O2. The highest BCUT2D eigenvalue weighted by molar-refractivity contribution is 6.15. The maximum Gasteiger partial charge on any atom is 0.286 e. The average Bonchev–Trinajstić information content (AvgIpc) is 2.60. The lowest BCUT2D eigenvalue weighted by Gasteiger charge is -2.06. The molecular weight excluding hydrogens is 292 g/mol. The summed E-state index contributed by atoms with van der Waals surface area (Å²) >= 11 is 0. The van der Waals surface area contributed by atoms with E-state index in [-0.39, 0.29) is 17.3 Å². The summed E-state index contributed by atoms with van der Waals surface area (Å²) in [5.41, 5.74) is 6.63. The number of primary amides is 1. The van der Waals surface area contributed by atoms with Gasteiger partial charge in [-0.25, -0.2) is 9.97 Å². The summed E-state index contributed by atoms with van der Waals surface area (Å²) in [5, 5.41) is 9.35. The first-order chi connectivity index (χ1) is 11.1. The molecule has 0 unspecified atom stereocenters. The summed E-state index contributed by atoms with van der Waals surface area (Å²) in [5.74, 6) is -1.37. The average molecular weight is 302 g/mol. The molecule has 0 radical (unpaired) electrons. The van der Waals surface area contributed by atoms with Gasteiger partial charge in [-0.1, -0.05) is 18.2 Å². The number of nitriles is 1. The first kappa shape index (κ1) is 14.4. The minimum absolute atomic E-state index is 0.106. The number of amides is 1. The van der Waals surface area contributed by atoms with Crippen molar-refractivity contribution in [2.75, 3.05) is 0 Å². The van der Waals surface area contributed by atoms with Crippen molar-refractivity contribution in [1.82, 2.24) is 9.97 Å². The van der Waals surface area contributed by atoms with Crippen LogP contribution in [-0.2, 0) is 0 Å². The molecule has 0 aliphatic carbocycles. The highest BCUT2D eigenvalue weighted by Crippen LogP contribution is 2.19. The second kappa shape index (κ2) is 5.66. The Labute approximate surface area is 131 Å². The number of nitrogens with two attached hydrogens (primary N) is 1. The fraction of sp³-hybridized carbons (Fsp3) is 0. The number of hydrogen-bond donors (Lipinski definition) is 1. The van der Waals surface area contributed by atoms with Crippen molar-refractivity contribution in [2.24, 2.45) is 5.73 Å². The van der Waals surface area contributed by atoms with Gasteiger partial charge in [-0.3, -0.25) is 9.59 Å². The van der Waals surface area contributed by atoms with Crippen molar-refractivity contribution in [1.29, 1.82) is 5.26 Å². The molecule has 0 spiro atoms. The van der Waals surface area contributed by atoms with Crippen LogP contribution in [0.3, 0.4) is 0 Å². The summed E-state index contributed by atoms with van der Waals surface area (Å²) in [6.45, 7) is 0. The molecule has 0 fully saturated rings. The van der Waals surface area contributed by atoms with Gasteiger partial charge in [0.25, 0.3) is 5.91 Å². The number of fused-ring (bicyclic) bond motifs is 1. The Kier molecular flexibility index (Phi) is 3.53. The van der Waals surface area contributed by atoms with Gasteiger partial charge in [0.15, 0.2) is 0 Å². The van der Waals surface area contributed by atoms with Crippen molar-refractivity contribution < 1.29 is 9.59 Å². The van der Waals surface area contributed by atoms with Crippen LogP contribution >= 0.6 is 0 Å². The Hall–Kier alpha value is -3.59. The number of aromatic nitrogens is 2. The molecule has 0 aliphatic heterocycles. The van der Waals surface area contributed by atoms with Crippen molar-refractivity contribution in [2.45, 2.75) is 0 Å². The lowest BCUT2D eigenvalue weighted by atomic mass is 10.0. The van der Waals surface area contributed by atoms with Crippen LogP contribution in [0.4, 0.5) is 0 Å². The van der Waals surface area contributed by atoms with E-state index in [9.17, 15) is 9.59 Å². The van der Waals surface area contributed by atoms with E-state index in [1.165, 1.54) is 0 Å². The van der Waals surface area contributed by atoms with Crippen molar-refractivity contribution in [3.8, 4) is 6.07 Å². The Balaban J connectivity index is 2.19. The van der Waals surface area contributed by atoms with Gasteiger partial charge in [-0.05, 0) is 30.3 Å². The molecule has 0 atom stereocenters. The molecule has 6 nitrogen and oxygen atoms in total. The predicted octanol–water partition coefficient (Wildman–Crippen LogP) is 1.83. The highest BCUT2D eigenvalue weighted by Gasteiger charge is 2.18. The zero-order chi connectivity index (χ0) is 16.4. The standard InChI is InChI=1S/C17H10N4O2/c18-9-10-5-7-11(8-6-10)15(22)14-12-3-1-2-4-13(12)20-17(21-14)16(19)23/h1-8H,(H2,19,23). The Morgan fingerprint density at radius 3 is 2.35 bits per heavy atom. The van der Waals surface area contributed by atoms with Gasteiger partial charge in [0.1, 0.15) is 5.69 Å². The zero-order valence-corrected chi connectivity index (χ0v) is 11.9. The molecule has 0 saturated heterocycles. The van der Waals surface area contributed by atoms with Gasteiger partial charge >= 0.3 is 0 Å². The summed E-state index contributed by atoms with van der Waals surface area (Å²) in [4.78, 5) is 32.2. The molecule has 23 heavy (non-hydrogen) atoms. The number of hydrogen-bond acceptors (Lipinski definition) is 5. The van der Waals surface area contributed by atoms with Crippen LogP contribution in [0, 0.1) is 11.3 Å². The fourth-order valence-electron chi connectivity index (χ4n) is 2.19. The molecule has 0 saturated carbocycles. The normalized spacial score (nSPS) is 10.2. The van der Waals surface area contributed by atoms with Gasteiger partial charge < -0.3 is 5.73 Å². The van der Waals surface area contributed by atoms with Gasteiger partial charge in [-0.15, -0.1) is 0 Å². The predicted molar refractivity (Wildman–Crippen MR) is 82.6 cm³/mol. The first-order valence-corrected chi connectivity index (χ1v) is 6.71. The number of rotatable bonds is 3. The maximum absolute atomic E-state index is 12.7. The molecule has 1 heterocycles. The van der Waals surface area contributed by atoms with Crippen LogP contribution in [0.1, 0.15) is 32.2 Å². The van der Waals surface area contributed by atoms with Crippen LogP contribution < -0.4 is 5.73 Å². The molecule has 0 aliphatic rings. The summed E-state index contributed by atoms with van der Waals surface area (Å²) in [7, 11) is 0. The van der Waals surface area contributed by atoms with Crippen LogP contribution in [-0.4, -0.2) is 21.7 Å². The van der Waals surface area contributed by atoms with E-state index in [1.54, 1.807) is 48.5 Å². The minimum atomic E-state index is -0.801. The maximum atomic E-state index is 12.7. The van der Waals surface area contributed by atoms with Crippen LogP contribution in [0.2, 0.25) is 0 Å². The van der Waals surface area contributed by atoms with E-state index in [0.29, 0.717) is 22.0 Å². The van der Waals surface area contributed by atoms with E-state index in [1.807, 2.05) is 6.07 Å². The topological polar surface area (TPSA) is 110 Å². The number of carbonyl (C=O) groups excluding carboxylic acids is 2. The highest BCUT2D eigenvalue weighted by atomic mass is 16.1. The fourth-order valence-corrected chi connectivity index (χ4v) is 2.19. The Bertz CT molecular complexity index is 972. The largest absolute Gasteiger partial charge is 0.363 e. The van der Waals surface area contributed by atoms with E-state index in [4.69, 9.17) is 11.0 Å². The number of ketones is 1. The Morgan fingerprint density at radius 1 is 1.00 bits per heavy atom. The number of carbonyl (C=O) groups is 2. The van der Waals surface area contributed by atoms with Crippen LogP contribution in [0.25, 0.3) is 10.9 Å². The number of benzene rings is 2. The lowest BCUT2D eigenvalue weighted by Crippen LogP contribution is -2.18. The Morgan fingerprint density at radius 2 is 1.70 bits per heavy atom. The molecule has 2 N–H and O–H groups in total. The summed E-state index contributed by atoms with van der Waals surface area (Å²) < 4.78 is 0. The van der Waals surface area contributed by atoms with Crippen molar-refractivity contribution >= 4 is 22.6 Å². The van der Waals surface area contributed by atoms with Crippen molar-refractivity contribution in [3.63, 3.8) is 0 Å². The third-order valence-corrected chi connectivity index (χ3v) is 3.31. The summed E-state index contributed by atoms with van der Waals surface area (Å²) in [6, 6.07) is 15.1. The molecule has 2 aromatic carbocycles. The van der Waals surface area contributed by atoms with Crippen LogP contribution in [0.15, 0.2) is 48.5 Å². The molecule has 3 rings (SSSR count). The molecule has 3 aromatic rings. The third kappa shape index (κ3) is 2.63. The van der Waals surface area contributed by atoms with E-state index < -0.39 is 5.91 Å². The second-order valence-corrected chi connectivity index (χ2v) is 4.80. The lowest BCUT2D eigenvalue weighted by molar-refractivity contribution is 0.0990. The van der Waals surface area contributed by atoms with Crippen molar-refractivity contribution in [3.05, 3.63) is 71.2 Å². The van der Waals surface area contributed by atoms with Gasteiger partial charge in [0.05, 0.1) is 17.1 Å². The SMILES string of the molecule is N#Cc1ccc(C(=O)c2nc(C(N)=O)nc3ccccc23)cc1. The first-order valence-electron chi connectivity index (χ1n) is 6.71. The molecule has 6 heteroatoms.